The third kappa shape index (κ3) is 5.17. The SMILES string of the molecule is C[C@H](NC(=O)COc1cccc(C(F)(F)F)c1)c1ccc(F)cc1F. The maximum absolute atomic E-state index is 13.6. The summed E-state index contributed by atoms with van der Waals surface area (Å²) in [5.41, 5.74) is -0.819. The van der Waals surface area contributed by atoms with Crippen LogP contribution in [0.2, 0.25) is 0 Å². The zero-order chi connectivity index (χ0) is 18.6. The lowest BCUT2D eigenvalue weighted by Gasteiger charge is -2.16. The third-order valence-electron chi connectivity index (χ3n) is 3.34. The molecule has 134 valence electrons. The lowest BCUT2D eigenvalue weighted by Crippen LogP contribution is -2.31. The van der Waals surface area contributed by atoms with Gasteiger partial charge in [-0.25, -0.2) is 8.78 Å². The van der Waals surface area contributed by atoms with Crippen molar-refractivity contribution in [1.29, 1.82) is 0 Å². The van der Waals surface area contributed by atoms with Crippen LogP contribution in [0.1, 0.15) is 24.1 Å². The van der Waals surface area contributed by atoms with Crippen LogP contribution in [0.4, 0.5) is 22.0 Å². The highest BCUT2D eigenvalue weighted by molar-refractivity contribution is 5.78. The highest BCUT2D eigenvalue weighted by atomic mass is 19.4. The predicted molar refractivity (Wildman–Crippen MR) is 79.9 cm³/mol. The van der Waals surface area contributed by atoms with Crippen LogP contribution >= 0.6 is 0 Å². The first-order valence-corrected chi connectivity index (χ1v) is 7.21. The van der Waals surface area contributed by atoms with Gasteiger partial charge >= 0.3 is 6.18 Å². The molecule has 0 aromatic heterocycles. The van der Waals surface area contributed by atoms with Crippen LogP contribution in [0.3, 0.4) is 0 Å². The standard InChI is InChI=1S/C17H14F5NO2/c1-10(14-6-5-12(18)8-15(14)19)23-16(24)9-25-13-4-2-3-11(7-13)17(20,21)22/h2-8,10H,9H2,1H3,(H,23,24)/t10-/m0/s1. The number of benzene rings is 2. The van der Waals surface area contributed by atoms with Crippen molar-refractivity contribution in [1.82, 2.24) is 5.32 Å². The Morgan fingerprint density at radius 1 is 1.16 bits per heavy atom. The minimum absolute atomic E-state index is 0.0776. The first-order valence-electron chi connectivity index (χ1n) is 7.21. The number of carbonyl (C=O) groups is 1. The van der Waals surface area contributed by atoms with Crippen LogP contribution in [0.25, 0.3) is 0 Å². The molecule has 0 bridgehead atoms. The summed E-state index contributed by atoms with van der Waals surface area (Å²) < 4.78 is 69.3. The molecule has 0 heterocycles. The van der Waals surface area contributed by atoms with E-state index >= 15 is 0 Å². The van der Waals surface area contributed by atoms with Crippen LogP contribution in [-0.4, -0.2) is 12.5 Å². The monoisotopic (exact) mass is 359 g/mol. The van der Waals surface area contributed by atoms with Gasteiger partial charge in [0.2, 0.25) is 0 Å². The summed E-state index contributed by atoms with van der Waals surface area (Å²) in [7, 11) is 0. The Hall–Kier alpha value is -2.64. The Morgan fingerprint density at radius 3 is 2.52 bits per heavy atom. The molecule has 2 rings (SSSR count). The van der Waals surface area contributed by atoms with E-state index in [-0.39, 0.29) is 11.3 Å². The van der Waals surface area contributed by atoms with E-state index in [1.54, 1.807) is 0 Å². The molecule has 0 spiro atoms. The maximum atomic E-state index is 13.6. The third-order valence-corrected chi connectivity index (χ3v) is 3.34. The highest BCUT2D eigenvalue weighted by Crippen LogP contribution is 2.31. The van der Waals surface area contributed by atoms with Crippen LogP contribution in [0.5, 0.6) is 5.75 Å². The average Bonchev–Trinajstić information content (AvgIpc) is 2.52. The summed E-state index contributed by atoms with van der Waals surface area (Å²) in [6.07, 6.45) is -4.52. The zero-order valence-corrected chi connectivity index (χ0v) is 13.0. The summed E-state index contributed by atoms with van der Waals surface area (Å²) in [4.78, 5) is 11.8. The van der Waals surface area contributed by atoms with Gasteiger partial charge in [-0.15, -0.1) is 0 Å². The van der Waals surface area contributed by atoms with E-state index in [1.807, 2.05) is 0 Å². The van der Waals surface area contributed by atoms with E-state index in [0.717, 1.165) is 24.3 Å². The van der Waals surface area contributed by atoms with Gasteiger partial charge in [0, 0.05) is 11.6 Å². The van der Waals surface area contributed by atoms with Crippen molar-refractivity contribution in [2.75, 3.05) is 6.61 Å². The van der Waals surface area contributed by atoms with Gasteiger partial charge in [-0.3, -0.25) is 4.79 Å². The quantitative estimate of drug-likeness (QED) is 0.811. The second kappa shape index (κ2) is 7.50. The molecule has 1 amide bonds. The molecule has 2 aromatic rings. The molecule has 0 unspecified atom stereocenters. The molecule has 0 saturated heterocycles. The summed E-state index contributed by atoms with van der Waals surface area (Å²) in [6, 6.07) is 6.28. The Kier molecular flexibility index (Phi) is 5.61. The molecular weight excluding hydrogens is 345 g/mol. The van der Waals surface area contributed by atoms with Gasteiger partial charge in [0.1, 0.15) is 17.4 Å². The van der Waals surface area contributed by atoms with E-state index in [2.05, 4.69) is 5.32 Å². The molecule has 2 aromatic carbocycles. The fourth-order valence-electron chi connectivity index (χ4n) is 2.12. The molecule has 25 heavy (non-hydrogen) atoms. The molecule has 0 radical (unpaired) electrons. The molecule has 0 aliphatic heterocycles. The van der Waals surface area contributed by atoms with Gasteiger partial charge in [-0.05, 0) is 31.2 Å². The number of hydrogen-bond donors (Lipinski definition) is 1. The molecule has 1 atom stereocenters. The predicted octanol–water partition coefficient (Wildman–Crippen LogP) is 4.24. The molecule has 0 aliphatic carbocycles. The van der Waals surface area contributed by atoms with E-state index in [0.29, 0.717) is 6.07 Å². The highest BCUT2D eigenvalue weighted by Gasteiger charge is 2.30. The van der Waals surface area contributed by atoms with Crippen molar-refractivity contribution >= 4 is 5.91 Å². The first kappa shape index (κ1) is 18.7. The smallest absolute Gasteiger partial charge is 0.416 e. The fourth-order valence-corrected chi connectivity index (χ4v) is 2.12. The molecular formula is C17H14F5NO2. The largest absolute Gasteiger partial charge is 0.484 e. The van der Waals surface area contributed by atoms with Crippen LogP contribution in [0.15, 0.2) is 42.5 Å². The number of alkyl halides is 3. The van der Waals surface area contributed by atoms with E-state index < -0.39 is 41.9 Å². The number of ether oxygens (including phenoxy) is 1. The zero-order valence-electron chi connectivity index (χ0n) is 13.0. The van der Waals surface area contributed by atoms with Gasteiger partial charge in [-0.2, -0.15) is 13.2 Å². The van der Waals surface area contributed by atoms with E-state index in [4.69, 9.17) is 4.74 Å². The summed E-state index contributed by atoms with van der Waals surface area (Å²) in [6.45, 7) is 0.937. The Balaban J connectivity index is 1.94. The second-order valence-corrected chi connectivity index (χ2v) is 5.27. The van der Waals surface area contributed by atoms with Gasteiger partial charge < -0.3 is 10.1 Å². The maximum Gasteiger partial charge on any atom is 0.416 e. The number of rotatable bonds is 5. The molecule has 1 N–H and O–H groups in total. The van der Waals surface area contributed by atoms with Crippen LogP contribution < -0.4 is 10.1 Å². The van der Waals surface area contributed by atoms with Crippen molar-refractivity contribution in [2.45, 2.75) is 19.1 Å². The Labute approximate surface area is 140 Å². The normalized spacial score (nSPS) is 12.6. The lowest BCUT2D eigenvalue weighted by atomic mass is 10.1. The molecule has 3 nitrogen and oxygen atoms in total. The lowest BCUT2D eigenvalue weighted by molar-refractivity contribution is -0.137. The summed E-state index contributed by atoms with van der Waals surface area (Å²) in [5.74, 6) is -2.33. The molecule has 8 heteroatoms. The van der Waals surface area contributed by atoms with Gasteiger partial charge in [0.25, 0.3) is 5.91 Å². The fraction of sp³-hybridized carbons (Fsp3) is 0.235. The van der Waals surface area contributed by atoms with Crippen LogP contribution in [-0.2, 0) is 11.0 Å². The minimum atomic E-state index is -4.52. The average molecular weight is 359 g/mol. The van der Waals surface area contributed by atoms with Crippen molar-refractivity contribution in [2.24, 2.45) is 0 Å². The topological polar surface area (TPSA) is 38.3 Å². The van der Waals surface area contributed by atoms with Gasteiger partial charge in [0.15, 0.2) is 6.61 Å². The number of halogens is 5. The number of nitrogens with one attached hydrogen (secondary N) is 1. The van der Waals surface area contributed by atoms with Gasteiger partial charge in [-0.1, -0.05) is 12.1 Å². The molecule has 0 aliphatic rings. The number of amides is 1. The summed E-state index contributed by atoms with van der Waals surface area (Å²) >= 11 is 0. The number of hydrogen-bond acceptors (Lipinski definition) is 2. The van der Waals surface area contributed by atoms with Crippen LogP contribution in [0, 0.1) is 11.6 Å². The molecule has 0 fully saturated rings. The van der Waals surface area contributed by atoms with Crippen molar-refractivity contribution in [3.05, 3.63) is 65.2 Å². The van der Waals surface area contributed by atoms with Crippen molar-refractivity contribution in [3.8, 4) is 5.75 Å². The van der Waals surface area contributed by atoms with Crippen molar-refractivity contribution < 1.29 is 31.5 Å². The summed E-state index contributed by atoms with van der Waals surface area (Å²) in [5, 5.41) is 2.42. The Bertz CT molecular complexity index is 761. The molecule has 0 saturated carbocycles. The van der Waals surface area contributed by atoms with Crippen molar-refractivity contribution in [3.63, 3.8) is 0 Å². The minimum Gasteiger partial charge on any atom is -0.484 e. The van der Waals surface area contributed by atoms with Gasteiger partial charge in [0.05, 0.1) is 11.6 Å². The second-order valence-electron chi connectivity index (χ2n) is 5.27. The number of carbonyl (C=O) groups excluding carboxylic acids is 1. The Morgan fingerprint density at radius 2 is 1.88 bits per heavy atom. The van der Waals surface area contributed by atoms with E-state index in [1.165, 1.54) is 19.1 Å². The first-order chi connectivity index (χ1) is 11.7. The van der Waals surface area contributed by atoms with E-state index in [9.17, 15) is 26.7 Å².